The van der Waals surface area contributed by atoms with Crippen molar-refractivity contribution in [2.75, 3.05) is 6.54 Å². The molecule has 1 aromatic heterocycles. The summed E-state index contributed by atoms with van der Waals surface area (Å²) in [5, 5.41) is 1.72. The third-order valence-corrected chi connectivity index (χ3v) is 4.46. The second kappa shape index (κ2) is 5.67. The van der Waals surface area contributed by atoms with Gasteiger partial charge in [0.15, 0.2) is 0 Å². The molecule has 0 unspecified atom stereocenters. The summed E-state index contributed by atoms with van der Waals surface area (Å²) < 4.78 is 25.8. The van der Waals surface area contributed by atoms with Crippen LogP contribution in [0.2, 0.25) is 0 Å². The molecular formula is C7H13ClN2O2S2. The van der Waals surface area contributed by atoms with Gasteiger partial charge in [0, 0.05) is 12.6 Å². The van der Waals surface area contributed by atoms with E-state index >= 15 is 0 Å². The fraction of sp³-hybridized carbons (Fsp3) is 0.429. The van der Waals surface area contributed by atoms with Crippen molar-refractivity contribution in [2.45, 2.75) is 17.2 Å². The molecule has 0 aromatic carbocycles. The highest BCUT2D eigenvalue weighted by Gasteiger charge is 2.16. The van der Waals surface area contributed by atoms with Gasteiger partial charge in [0.25, 0.3) is 0 Å². The van der Waals surface area contributed by atoms with Crippen molar-refractivity contribution in [3.8, 4) is 0 Å². The van der Waals surface area contributed by atoms with Gasteiger partial charge in [-0.15, -0.1) is 23.7 Å². The van der Waals surface area contributed by atoms with Crippen LogP contribution in [-0.2, 0) is 10.0 Å². The van der Waals surface area contributed by atoms with Crippen LogP contribution < -0.4 is 10.5 Å². The van der Waals surface area contributed by atoms with Gasteiger partial charge in [0.05, 0.1) is 0 Å². The van der Waals surface area contributed by atoms with Crippen LogP contribution in [0.3, 0.4) is 0 Å². The van der Waals surface area contributed by atoms with Crippen molar-refractivity contribution >= 4 is 33.8 Å². The number of sulfonamides is 1. The molecule has 14 heavy (non-hydrogen) atoms. The van der Waals surface area contributed by atoms with Crippen molar-refractivity contribution in [3.63, 3.8) is 0 Å². The molecule has 0 aliphatic carbocycles. The lowest BCUT2D eigenvalue weighted by molar-refractivity contribution is 0.564. The molecule has 7 heteroatoms. The minimum Gasteiger partial charge on any atom is -0.329 e. The lowest BCUT2D eigenvalue weighted by Gasteiger charge is -2.09. The smallest absolute Gasteiger partial charge is 0.250 e. The van der Waals surface area contributed by atoms with Crippen molar-refractivity contribution in [1.82, 2.24) is 4.72 Å². The van der Waals surface area contributed by atoms with E-state index in [-0.39, 0.29) is 18.4 Å². The maximum atomic E-state index is 11.5. The van der Waals surface area contributed by atoms with Gasteiger partial charge in [-0.3, -0.25) is 0 Å². The molecule has 4 nitrogen and oxygen atoms in total. The third kappa shape index (κ3) is 3.55. The first kappa shape index (κ1) is 13.9. The Balaban J connectivity index is 0.00000169. The molecule has 0 saturated carbocycles. The topological polar surface area (TPSA) is 72.2 Å². The number of rotatable bonds is 4. The Morgan fingerprint density at radius 3 is 2.71 bits per heavy atom. The highest BCUT2D eigenvalue weighted by molar-refractivity contribution is 7.91. The SMILES string of the molecule is C[C@H](CN)NS(=O)(=O)c1cccs1.Cl. The molecule has 0 fully saturated rings. The molecule has 0 saturated heterocycles. The second-order valence-electron chi connectivity index (χ2n) is 2.69. The molecule has 1 rings (SSSR count). The maximum Gasteiger partial charge on any atom is 0.250 e. The lowest BCUT2D eigenvalue weighted by Crippen LogP contribution is -2.37. The second-order valence-corrected chi connectivity index (χ2v) is 5.58. The highest BCUT2D eigenvalue weighted by atomic mass is 35.5. The molecule has 0 bridgehead atoms. The summed E-state index contributed by atoms with van der Waals surface area (Å²) in [4.78, 5) is 0. The first-order chi connectivity index (χ1) is 6.06. The average Bonchev–Trinajstić information content (AvgIpc) is 2.55. The van der Waals surface area contributed by atoms with E-state index in [2.05, 4.69) is 4.72 Å². The molecule has 3 N–H and O–H groups in total. The van der Waals surface area contributed by atoms with E-state index < -0.39 is 10.0 Å². The molecule has 0 spiro atoms. The van der Waals surface area contributed by atoms with Crippen LogP contribution in [0, 0.1) is 0 Å². The zero-order valence-electron chi connectivity index (χ0n) is 7.64. The minimum atomic E-state index is -3.34. The summed E-state index contributed by atoms with van der Waals surface area (Å²) in [6.45, 7) is 2.02. The lowest BCUT2D eigenvalue weighted by atomic mass is 10.4. The molecule has 0 aliphatic heterocycles. The summed E-state index contributed by atoms with van der Waals surface area (Å²) in [7, 11) is -3.34. The van der Waals surface area contributed by atoms with Crippen LogP contribution >= 0.6 is 23.7 Å². The fourth-order valence-electron chi connectivity index (χ4n) is 0.787. The summed E-state index contributed by atoms with van der Waals surface area (Å²) in [5.41, 5.74) is 5.31. The van der Waals surface area contributed by atoms with E-state index in [1.54, 1.807) is 24.4 Å². The molecule has 0 radical (unpaired) electrons. The van der Waals surface area contributed by atoms with E-state index in [0.717, 1.165) is 0 Å². The van der Waals surface area contributed by atoms with Crippen LogP contribution in [0.4, 0.5) is 0 Å². The van der Waals surface area contributed by atoms with Crippen molar-refractivity contribution in [3.05, 3.63) is 17.5 Å². The van der Waals surface area contributed by atoms with Crippen molar-refractivity contribution in [2.24, 2.45) is 5.73 Å². The van der Waals surface area contributed by atoms with Gasteiger partial charge >= 0.3 is 0 Å². The molecular weight excluding hydrogens is 244 g/mol. The largest absolute Gasteiger partial charge is 0.329 e. The molecule has 1 aromatic rings. The van der Waals surface area contributed by atoms with Crippen LogP contribution in [0.5, 0.6) is 0 Å². The summed E-state index contributed by atoms with van der Waals surface area (Å²) in [6, 6.07) is 3.04. The maximum absolute atomic E-state index is 11.5. The predicted octanol–water partition coefficient (Wildman–Crippen LogP) is 0.795. The highest BCUT2D eigenvalue weighted by Crippen LogP contribution is 2.15. The Morgan fingerprint density at radius 1 is 1.64 bits per heavy atom. The first-order valence-electron chi connectivity index (χ1n) is 3.82. The Bertz CT molecular complexity index is 350. The van der Waals surface area contributed by atoms with Crippen LogP contribution in [-0.4, -0.2) is 21.0 Å². The van der Waals surface area contributed by atoms with E-state index in [1.807, 2.05) is 0 Å². The zero-order valence-corrected chi connectivity index (χ0v) is 10.1. The number of halogens is 1. The number of nitrogens with one attached hydrogen (secondary N) is 1. The molecule has 0 aliphatic rings. The normalized spacial score (nSPS) is 13.3. The van der Waals surface area contributed by atoms with Gasteiger partial charge in [0.1, 0.15) is 4.21 Å². The first-order valence-corrected chi connectivity index (χ1v) is 6.18. The minimum absolute atomic E-state index is 0. The van der Waals surface area contributed by atoms with Crippen LogP contribution in [0.15, 0.2) is 21.7 Å². The molecule has 1 heterocycles. The summed E-state index contributed by atoms with van der Waals surface area (Å²) in [5.74, 6) is 0. The van der Waals surface area contributed by atoms with Gasteiger partial charge in [-0.2, -0.15) is 0 Å². The van der Waals surface area contributed by atoms with Crippen LogP contribution in [0.25, 0.3) is 0 Å². The Labute approximate surface area is 94.0 Å². The van der Waals surface area contributed by atoms with Crippen molar-refractivity contribution in [1.29, 1.82) is 0 Å². The Kier molecular flexibility index (Phi) is 5.61. The summed E-state index contributed by atoms with van der Waals surface area (Å²) >= 11 is 1.19. The van der Waals surface area contributed by atoms with Gasteiger partial charge in [-0.05, 0) is 18.4 Å². The standard InChI is InChI=1S/C7H12N2O2S2.ClH/c1-6(5-8)9-13(10,11)7-3-2-4-12-7;/h2-4,6,9H,5,8H2,1H3;1H/t6-;/m1./s1. The number of thiophene rings is 1. The average molecular weight is 257 g/mol. The van der Waals surface area contributed by atoms with E-state index in [0.29, 0.717) is 10.8 Å². The Hall–Kier alpha value is -0.140. The quantitative estimate of drug-likeness (QED) is 0.837. The van der Waals surface area contributed by atoms with Gasteiger partial charge in [0.2, 0.25) is 10.0 Å². The van der Waals surface area contributed by atoms with Gasteiger partial charge < -0.3 is 5.73 Å². The monoisotopic (exact) mass is 256 g/mol. The number of hydrogen-bond acceptors (Lipinski definition) is 4. The van der Waals surface area contributed by atoms with Crippen LogP contribution in [0.1, 0.15) is 6.92 Å². The van der Waals surface area contributed by atoms with Gasteiger partial charge in [-0.1, -0.05) is 6.07 Å². The molecule has 82 valence electrons. The number of nitrogens with two attached hydrogens (primary N) is 1. The van der Waals surface area contributed by atoms with E-state index in [9.17, 15) is 8.42 Å². The molecule has 0 amide bonds. The predicted molar refractivity (Wildman–Crippen MR) is 60.4 cm³/mol. The molecule has 1 atom stereocenters. The van der Waals surface area contributed by atoms with E-state index in [4.69, 9.17) is 5.73 Å². The Morgan fingerprint density at radius 2 is 2.29 bits per heavy atom. The van der Waals surface area contributed by atoms with Gasteiger partial charge in [-0.25, -0.2) is 13.1 Å². The third-order valence-electron chi connectivity index (χ3n) is 1.47. The zero-order chi connectivity index (χ0) is 9.90. The number of hydrogen-bond donors (Lipinski definition) is 2. The summed E-state index contributed by atoms with van der Waals surface area (Å²) in [6.07, 6.45) is 0. The fourth-order valence-corrected chi connectivity index (χ4v) is 3.05. The van der Waals surface area contributed by atoms with E-state index in [1.165, 1.54) is 11.3 Å². The van der Waals surface area contributed by atoms with Crippen molar-refractivity contribution < 1.29 is 8.42 Å².